The van der Waals surface area contributed by atoms with E-state index in [2.05, 4.69) is 16.3 Å². The van der Waals surface area contributed by atoms with Gasteiger partial charge in [0.2, 0.25) is 0 Å². The van der Waals surface area contributed by atoms with Gasteiger partial charge in [-0.25, -0.2) is 0 Å². The van der Waals surface area contributed by atoms with E-state index in [-0.39, 0.29) is 0 Å². The Morgan fingerprint density at radius 1 is 1.18 bits per heavy atom. The number of para-hydroxylation sites is 1. The minimum Gasteiger partial charge on any atom is -0.382 e. The van der Waals surface area contributed by atoms with Crippen LogP contribution in [0.25, 0.3) is 0 Å². The summed E-state index contributed by atoms with van der Waals surface area (Å²) >= 11 is 0. The molecule has 0 aliphatic heterocycles. The molecule has 5 nitrogen and oxygen atoms in total. The number of hydrogen-bond donors (Lipinski definition) is 1. The maximum absolute atomic E-state index is 9.03. The van der Waals surface area contributed by atoms with Gasteiger partial charge >= 0.3 is 0 Å². The van der Waals surface area contributed by atoms with Crippen LogP contribution in [0.15, 0.2) is 36.4 Å². The van der Waals surface area contributed by atoms with Crippen molar-refractivity contribution in [3.63, 3.8) is 0 Å². The Hall–Kier alpha value is -2.61. The summed E-state index contributed by atoms with van der Waals surface area (Å²) < 4.78 is 0. The average molecular weight is 225 g/mol. The summed E-state index contributed by atoms with van der Waals surface area (Å²) in [6.07, 6.45) is 0. The van der Waals surface area contributed by atoms with E-state index in [1.165, 1.54) is 0 Å². The third-order valence-electron chi connectivity index (χ3n) is 2.40. The molecule has 2 N–H and O–H groups in total. The molecule has 17 heavy (non-hydrogen) atoms. The van der Waals surface area contributed by atoms with E-state index >= 15 is 0 Å². The monoisotopic (exact) mass is 225 g/mol. The number of nitrogen functional groups attached to an aromatic ring is 1. The molecule has 5 heteroatoms. The summed E-state index contributed by atoms with van der Waals surface area (Å²) in [5.41, 5.74) is 6.85. The maximum atomic E-state index is 9.03. The number of hydrogen-bond acceptors (Lipinski definition) is 5. The predicted molar refractivity (Wildman–Crippen MR) is 65.7 cm³/mol. The summed E-state index contributed by atoms with van der Waals surface area (Å²) in [6, 6.07) is 12.9. The highest BCUT2D eigenvalue weighted by atomic mass is 15.3. The summed E-state index contributed by atoms with van der Waals surface area (Å²) in [4.78, 5) is 1.80. The van der Waals surface area contributed by atoms with E-state index in [9.17, 15) is 0 Å². The largest absolute Gasteiger partial charge is 0.382 e. The van der Waals surface area contributed by atoms with Crippen molar-refractivity contribution in [1.29, 1.82) is 5.26 Å². The van der Waals surface area contributed by atoms with Gasteiger partial charge in [0.15, 0.2) is 5.82 Å². The SMILES string of the molecule is CN(c1ccc(N)nn1)c1ccccc1C#N. The van der Waals surface area contributed by atoms with Crippen LogP contribution in [0.2, 0.25) is 0 Å². The number of anilines is 3. The standard InChI is InChI=1S/C12H11N5/c1-17(12-7-6-11(14)15-16-12)10-5-3-2-4-9(10)8-13/h2-7H,1H3,(H2,14,15). The van der Waals surface area contributed by atoms with Crippen LogP contribution in [-0.4, -0.2) is 17.2 Å². The molecule has 0 aliphatic rings. The van der Waals surface area contributed by atoms with Crippen molar-refractivity contribution < 1.29 is 0 Å². The van der Waals surface area contributed by atoms with E-state index < -0.39 is 0 Å². The van der Waals surface area contributed by atoms with E-state index in [0.29, 0.717) is 17.2 Å². The fraction of sp³-hybridized carbons (Fsp3) is 0.0833. The zero-order valence-electron chi connectivity index (χ0n) is 9.33. The van der Waals surface area contributed by atoms with Gasteiger partial charge in [-0.15, -0.1) is 10.2 Å². The maximum Gasteiger partial charge on any atom is 0.155 e. The smallest absolute Gasteiger partial charge is 0.155 e. The molecule has 0 unspecified atom stereocenters. The van der Waals surface area contributed by atoms with Gasteiger partial charge in [-0.2, -0.15) is 5.26 Å². The van der Waals surface area contributed by atoms with Gasteiger partial charge in [0.25, 0.3) is 0 Å². The fourth-order valence-electron chi connectivity index (χ4n) is 1.50. The van der Waals surface area contributed by atoms with Crippen molar-refractivity contribution in [3.05, 3.63) is 42.0 Å². The fourth-order valence-corrected chi connectivity index (χ4v) is 1.50. The van der Waals surface area contributed by atoms with Crippen LogP contribution in [0.5, 0.6) is 0 Å². The van der Waals surface area contributed by atoms with Crippen LogP contribution in [0.4, 0.5) is 17.3 Å². The lowest BCUT2D eigenvalue weighted by molar-refractivity contribution is 0.995. The molecule has 1 heterocycles. The van der Waals surface area contributed by atoms with Gasteiger partial charge in [0.05, 0.1) is 11.3 Å². The third kappa shape index (κ3) is 2.16. The average Bonchev–Trinajstić information content (AvgIpc) is 2.39. The first kappa shape index (κ1) is 10.9. The lowest BCUT2D eigenvalue weighted by atomic mass is 10.2. The van der Waals surface area contributed by atoms with Gasteiger partial charge in [0.1, 0.15) is 11.9 Å². The van der Waals surface area contributed by atoms with Crippen molar-refractivity contribution in [2.24, 2.45) is 0 Å². The minimum absolute atomic E-state index is 0.371. The highest BCUT2D eigenvalue weighted by Gasteiger charge is 2.09. The first-order chi connectivity index (χ1) is 8.22. The lowest BCUT2D eigenvalue weighted by Gasteiger charge is -2.18. The molecular weight excluding hydrogens is 214 g/mol. The first-order valence-corrected chi connectivity index (χ1v) is 5.04. The van der Waals surface area contributed by atoms with Crippen LogP contribution < -0.4 is 10.6 Å². The Labute approximate surface area is 99.1 Å². The molecule has 0 aliphatic carbocycles. The van der Waals surface area contributed by atoms with Crippen LogP contribution in [0, 0.1) is 11.3 Å². The highest BCUT2D eigenvalue weighted by Crippen LogP contribution is 2.24. The normalized spacial score (nSPS) is 9.65. The zero-order chi connectivity index (χ0) is 12.3. The molecule has 84 valence electrons. The van der Waals surface area contributed by atoms with Crippen molar-refractivity contribution in [1.82, 2.24) is 10.2 Å². The predicted octanol–water partition coefficient (Wildman–Crippen LogP) is 1.70. The molecule has 2 rings (SSSR count). The number of nitrogens with zero attached hydrogens (tertiary/aromatic N) is 4. The van der Waals surface area contributed by atoms with Crippen LogP contribution >= 0.6 is 0 Å². The second-order valence-electron chi connectivity index (χ2n) is 3.50. The quantitative estimate of drug-likeness (QED) is 0.841. The highest BCUT2D eigenvalue weighted by molar-refractivity contribution is 5.66. The number of aromatic nitrogens is 2. The van der Waals surface area contributed by atoms with Crippen molar-refractivity contribution in [3.8, 4) is 6.07 Å². The number of nitrogens with two attached hydrogens (primary N) is 1. The summed E-state index contributed by atoms with van der Waals surface area (Å²) in [7, 11) is 1.83. The first-order valence-electron chi connectivity index (χ1n) is 5.04. The Bertz CT molecular complexity index is 556. The molecular formula is C12H11N5. The van der Waals surface area contributed by atoms with E-state index in [4.69, 9.17) is 11.0 Å². The molecule has 0 atom stereocenters. The van der Waals surface area contributed by atoms with Crippen molar-refractivity contribution >= 4 is 17.3 Å². The number of nitriles is 1. The van der Waals surface area contributed by atoms with Crippen molar-refractivity contribution in [2.75, 3.05) is 17.7 Å². The molecule has 1 aromatic carbocycles. The van der Waals surface area contributed by atoms with Crippen molar-refractivity contribution in [2.45, 2.75) is 0 Å². The summed E-state index contributed by atoms with van der Waals surface area (Å²) in [6.45, 7) is 0. The van der Waals surface area contributed by atoms with Crippen LogP contribution in [-0.2, 0) is 0 Å². The molecule has 2 aromatic rings. The van der Waals surface area contributed by atoms with Gasteiger partial charge in [0, 0.05) is 7.05 Å². The molecule has 0 fully saturated rings. The third-order valence-corrected chi connectivity index (χ3v) is 2.40. The molecule has 0 saturated carbocycles. The van der Waals surface area contributed by atoms with Gasteiger partial charge < -0.3 is 10.6 Å². The number of benzene rings is 1. The Morgan fingerprint density at radius 2 is 1.94 bits per heavy atom. The summed E-state index contributed by atoms with van der Waals surface area (Å²) in [5, 5.41) is 16.8. The Balaban J connectivity index is 2.40. The number of rotatable bonds is 2. The molecule has 0 amide bonds. The Kier molecular flexibility index (Phi) is 2.88. The molecule has 0 spiro atoms. The van der Waals surface area contributed by atoms with E-state index in [1.54, 1.807) is 23.1 Å². The lowest BCUT2D eigenvalue weighted by Crippen LogP contribution is -2.13. The zero-order valence-corrected chi connectivity index (χ0v) is 9.33. The van der Waals surface area contributed by atoms with Gasteiger partial charge in [-0.05, 0) is 24.3 Å². The van der Waals surface area contributed by atoms with E-state index in [0.717, 1.165) is 5.69 Å². The second-order valence-corrected chi connectivity index (χ2v) is 3.50. The molecule has 1 aromatic heterocycles. The van der Waals surface area contributed by atoms with E-state index in [1.807, 2.05) is 25.2 Å². The molecule has 0 radical (unpaired) electrons. The topological polar surface area (TPSA) is 78.8 Å². The minimum atomic E-state index is 0.371. The molecule has 0 saturated heterocycles. The van der Waals surface area contributed by atoms with Crippen LogP contribution in [0.3, 0.4) is 0 Å². The van der Waals surface area contributed by atoms with Gasteiger partial charge in [-0.3, -0.25) is 0 Å². The van der Waals surface area contributed by atoms with Gasteiger partial charge in [-0.1, -0.05) is 12.1 Å². The van der Waals surface area contributed by atoms with Crippen LogP contribution in [0.1, 0.15) is 5.56 Å². The Morgan fingerprint density at radius 3 is 2.59 bits per heavy atom. The molecule has 0 bridgehead atoms. The second kappa shape index (κ2) is 4.49. The summed E-state index contributed by atoms with van der Waals surface area (Å²) in [5.74, 6) is 1.01.